The minimum Gasteiger partial charge on any atom is -0.493 e. The maximum Gasteiger partial charge on any atom is 0.271 e. The number of halogens is 1. The van der Waals surface area contributed by atoms with E-state index in [4.69, 9.17) is 21.1 Å². The molecule has 3 rings (SSSR count). The van der Waals surface area contributed by atoms with Crippen molar-refractivity contribution in [3.63, 3.8) is 0 Å². The lowest BCUT2D eigenvalue weighted by Gasteiger charge is -2.13. The molecule has 0 atom stereocenters. The van der Waals surface area contributed by atoms with E-state index < -0.39 is 0 Å². The number of nitrogens with zero attached hydrogens (tertiary/aromatic N) is 1. The summed E-state index contributed by atoms with van der Waals surface area (Å²) >= 11 is 6.33. The second-order valence-electron chi connectivity index (χ2n) is 6.81. The van der Waals surface area contributed by atoms with Gasteiger partial charge in [-0.1, -0.05) is 41.9 Å². The van der Waals surface area contributed by atoms with E-state index in [0.29, 0.717) is 22.6 Å². The zero-order valence-electron chi connectivity index (χ0n) is 17.6. The number of ether oxygens (including phenoxy) is 2. The molecular weight excluding hydrogens is 430 g/mol. The Morgan fingerprint density at radius 3 is 2.56 bits per heavy atom. The molecule has 0 heterocycles. The lowest BCUT2D eigenvalue weighted by atomic mass is 10.2. The van der Waals surface area contributed by atoms with Crippen molar-refractivity contribution in [2.75, 3.05) is 19.0 Å². The predicted octanol–water partition coefficient (Wildman–Crippen LogP) is 4.44. The van der Waals surface area contributed by atoms with Crippen molar-refractivity contribution < 1.29 is 19.1 Å². The van der Waals surface area contributed by atoms with Gasteiger partial charge in [0.2, 0.25) is 0 Å². The summed E-state index contributed by atoms with van der Waals surface area (Å²) in [6.45, 7) is 1.69. The molecule has 2 N–H and O–H groups in total. The Kier molecular flexibility index (Phi) is 7.83. The van der Waals surface area contributed by atoms with Gasteiger partial charge in [-0.25, -0.2) is 5.43 Å². The van der Waals surface area contributed by atoms with Crippen LogP contribution in [0.4, 0.5) is 5.69 Å². The van der Waals surface area contributed by atoms with Gasteiger partial charge in [0.1, 0.15) is 0 Å². The molecule has 0 aliphatic heterocycles. The normalized spacial score (nSPS) is 10.6. The average molecular weight is 452 g/mol. The monoisotopic (exact) mass is 451 g/mol. The molecule has 0 aromatic heterocycles. The van der Waals surface area contributed by atoms with E-state index in [0.717, 1.165) is 5.56 Å². The van der Waals surface area contributed by atoms with E-state index in [2.05, 4.69) is 15.8 Å². The van der Waals surface area contributed by atoms with Crippen LogP contribution in [-0.2, 0) is 4.79 Å². The third-order valence-corrected chi connectivity index (χ3v) is 4.60. The van der Waals surface area contributed by atoms with Gasteiger partial charge < -0.3 is 14.8 Å². The van der Waals surface area contributed by atoms with E-state index >= 15 is 0 Å². The van der Waals surface area contributed by atoms with Gasteiger partial charge in [0.05, 0.1) is 18.3 Å². The van der Waals surface area contributed by atoms with Gasteiger partial charge in [-0.3, -0.25) is 9.59 Å². The van der Waals surface area contributed by atoms with Crippen LogP contribution in [0.2, 0.25) is 5.02 Å². The Labute approximate surface area is 191 Å². The Bertz CT molecular complexity index is 1130. The zero-order valence-corrected chi connectivity index (χ0v) is 18.3. The minimum absolute atomic E-state index is 0.235. The van der Waals surface area contributed by atoms with E-state index in [-0.39, 0.29) is 29.2 Å². The first-order valence-electron chi connectivity index (χ1n) is 9.71. The van der Waals surface area contributed by atoms with Gasteiger partial charge in [0, 0.05) is 11.3 Å². The molecule has 8 heteroatoms. The maximum absolute atomic E-state index is 12.2. The first kappa shape index (κ1) is 22.8. The van der Waals surface area contributed by atoms with Crippen molar-refractivity contribution >= 4 is 35.3 Å². The number of nitrogens with one attached hydrogen (secondary N) is 2. The number of anilines is 1. The molecule has 164 valence electrons. The van der Waals surface area contributed by atoms with Crippen molar-refractivity contribution in [3.05, 3.63) is 88.4 Å². The van der Waals surface area contributed by atoms with Crippen molar-refractivity contribution in [1.82, 2.24) is 5.43 Å². The number of benzene rings is 3. The van der Waals surface area contributed by atoms with E-state index in [1.807, 2.05) is 31.2 Å². The molecule has 0 aliphatic carbocycles. The third-order valence-electron chi connectivity index (χ3n) is 4.32. The number of carbonyl (C=O) groups is 2. The van der Waals surface area contributed by atoms with Gasteiger partial charge in [0.25, 0.3) is 11.8 Å². The maximum atomic E-state index is 12.2. The van der Waals surface area contributed by atoms with E-state index in [1.165, 1.54) is 13.3 Å². The molecule has 0 bridgehead atoms. The van der Waals surface area contributed by atoms with Gasteiger partial charge in [-0.05, 0) is 54.4 Å². The Morgan fingerprint density at radius 1 is 1.06 bits per heavy atom. The van der Waals surface area contributed by atoms with E-state index in [1.54, 1.807) is 42.5 Å². The third kappa shape index (κ3) is 6.33. The first-order chi connectivity index (χ1) is 15.5. The number of hydrogen-bond acceptors (Lipinski definition) is 5. The Hall–Kier alpha value is -3.84. The molecule has 0 unspecified atom stereocenters. The van der Waals surface area contributed by atoms with Crippen molar-refractivity contribution in [2.45, 2.75) is 6.92 Å². The fourth-order valence-corrected chi connectivity index (χ4v) is 3.11. The molecule has 32 heavy (non-hydrogen) atoms. The van der Waals surface area contributed by atoms with Crippen LogP contribution in [0.3, 0.4) is 0 Å². The standard InChI is InChI=1S/C24H22ClN3O4/c1-16-7-6-10-19(11-16)27-22(29)15-32-23-20(25)12-17(13-21(23)31-2)14-26-28-24(30)18-8-4-3-5-9-18/h3-14H,15H2,1-2H3,(H,27,29)(H,28,30)/b26-14+. The molecule has 0 aliphatic rings. The van der Waals surface area contributed by atoms with Gasteiger partial charge in [-0.15, -0.1) is 0 Å². The van der Waals surface area contributed by atoms with Crippen molar-refractivity contribution in [2.24, 2.45) is 5.10 Å². The summed E-state index contributed by atoms with van der Waals surface area (Å²) in [6.07, 6.45) is 1.43. The van der Waals surface area contributed by atoms with Crippen LogP contribution >= 0.6 is 11.6 Å². The quantitative estimate of drug-likeness (QED) is 0.391. The highest BCUT2D eigenvalue weighted by molar-refractivity contribution is 6.32. The van der Waals surface area contributed by atoms with Crippen LogP contribution in [0, 0.1) is 6.92 Å². The van der Waals surface area contributed by atoms with Crippen LogP contribution in [0.15, 0.2) is 71.8 Å². The second kappa shape index (κ2) is 11.0. The molecule has 7 nitrogen and oxygen atoms in total. The summed E-state index contributed by atoms with van der Waals surface area (Å²) in [7, 11) is 1.46. The summed E-state index contributed by atoms with van der Waals surface area (Å²) in [5.41, 5.74) is 5.24. The highest BCUT2D eigenvalue weighted by Gasteiger charge is 2.14. The topological polar surface area (TPSA) is 89.0 Å². The summed E-state index contributed by atoms with van der Waals surface area (Å²) in [4.78, 5) is 24.3. The fraction of sp³-hybridized carbons (Fsp3) is 0.125. The van der Waals surface area contributed by atoms with Crippen molar-refractivity contribution in [3.8, 4) is 11.5 Å². The summed E-state index contributed by atoms with van der Waals surface area (Å²) in [6, 6.07) is 19.4. The predicted molar refractivity (Wildman–Crippen MR) is 125 cm³/mol. The van der Waals surface area contributed by atoms with Crippen LogP contribution in [0.5, 0.6) is 11.5 Å². The Balaban J connectivity index is 1.63. The van der Waals surface area contributed by atoms with E-state index in [9.17, 15) is 9.59 Å². The number of rotatable bonds is 8. The number of amides is 2. The van der Waals surface area contributed by atoms with Crippen LogP contribution in [0.1, 0.15) is 21.5 Å². The van der Waals surface area contributed by atoms with Crippen LogP contribution in [0.25, 0.3) is 0 Å². The molecule has 3 aromatic carbocycles. The average Bonchev–Trinajstić information content (AvgIpc) is 2.78. The van der Waals surface area contributed by atoms with Gasteiger partial charge in [0.15, 0.2) is 18.1 Å². The largest absolute Gasteiger partial charge is 0.493 e. The number of hydrogen-bond donors (Lipinski definition) is 2. The second-order valence-corrected chi connectivity index (χ2v) is 7.21. The summed E-state index contributed by atoms with van der Waals surface area (Å²) in [5.74, 6) is -0.0989. The number of methoxy groups -OCH3 is 1. The molecule has 0 spiro atoms. The molecular formula is C24H22ClN3O4. The summed E-state index contributed by atoms with van der Waals surface area (Å²) < 4.78 is 10.9. The minimum atomic E-state index is -0.334. The molecule has 2 amide bonds. The van der Waals surface area contributed by atoms with Crippen molar-refractivity contribution in [1.29, 1.82) is 0 Å². The lowest BCUT2D eigenvalue weighted by Crippen LogP contribution is -2.20. The highest BCUT2D eigenvalue weighted by Crippen LogP contribution is 2.36. The fourth-order valence-electron chi connectivity index (χ4n) is 2.83. The first-order valence-corrected chi connectivity index (χ1v) is 10.1. The molecule has 0 saturated carbocycles. The zero-order chi connectivity index (χ0) is 22.9. The number of hydrazone groups is 1. The lowest BCUT2D eigenvalue weighted by molar-refractivity contribution is -0.118. The number of carbonyl (C=O) groups excluding carboxylic acids is 2. The molecule has 3 aromatic rings. The highest BCUT2D eigenvalue weighted by atomic mass is 35.5. The Morgan fingerprint density at radius 2 is 1.84 bits per heavy atom. The molecule has 0 fully saturated rings. The van der Waals surface area contributed by atoms with Crippen LogP contribution in [-0.4, -0.2) is 31.7 Å². The molecule has 0 radical (unpaired) electrons. The number of aryl methyl sites for hydroxylation is 1. The molecule has 0 saturated heterocycles. The van der Waals surface area contributed by atoms with Crippen LogP contribution < -0.4 is 20.2 Å². The SMILES string of the molecule is COc1cc(/C=N/NC(=O)c2ccccc2)cc(Cl)c1OCC(=O)Nc1cccc(C)c1. The van der Waals surface area contributed by atoms with Gasteiger partial charge >= 0.3 is 0 Å². The smallest absolute Gasteiger partial charge is 0.271 e. The summed E-state index contributed by atoms with van der Waals surface area (Å²) in [5, 5.41) is 6.95. The van der Waals surface area contributed by atoms with Gasteiger partial charge in [-0.2, -0.15) is 5.10 Å².